The lowest BCUT2D eigenvalue weighted by Crippen LogP contribution is -2.39. The monoisotopic (exact) mass is 185 g/mol. The van der Waals surface area contributed by atoms with Gasteiger partial charge in [-0.1, -0.05) is 0 Å². The first-order chi connectivity index (χ1) is 6.09. The molecule has 1 rings (SSSR count). The topological polar surface area (TPSA) is 75.4 Å². The van der Waals surface area contributed by atoms with Crippen LogP contribution in [0.3, 0.4) is 0 Å². The highest BCUT2D eigenvalue weighted by atomic mass is 16.2. The average Bonchev–Trinajstić information content (AvgIpc) is 2.47. The number of hydrogen-bond donors (Lipinski definition) is 2. The Bertz CT molecular complexity index is 217. The lowest BCUT2D eigenvalue weighted by Gasteiger charge is -2.15. The van der Waals surface area contributed by atoms with Gasteiger partial charge in [-0.15, -0.1) is 0 Å². The molecule has 0 aliphatic carbocycles. The molecule has 0 spiro atoms. The summed E-state index contributed by atoms with van der Waals surface area (Å²) in [6.07, 6.45) is 0.853. The lowest BCUT2D eigenvalue weighted by atomic mass is 10.3. The van der Waals surface area contributed by atoms with Crippen molar-refractivity contribution in [1.29, 1.82) is 0 Å². The van der Waals surface area contributed by atoms with E-state index in [0.717, 1.165) is 6.42 Å². The molecule has 2 amide bonds. The van der Waals surface area contributed by atoms with E-state index >= 15 is 0 Å². The number of nitrogens with one attached hydrogen (secondary N) is 1. The number of nitrogens with zero attached hydrogens (tertiary/aromatic N) is 1. The van der Waals surface area contributed by atoms with Gasteiger partial charge in [0.05, 0.1) is 6.54 Å². The summed E-state index contributed by atoms with van der Waals surface area (Å²) in [6.45, 7) is 2.79. The Morgan fingerprint density at radius 2 is 2.31 bits per heavy atom. The summed E-state index contributed by atoms with van der Waals surface area (Å²) in [6, 6.07) is 0.0984. The molecule has 13 heavy (non-hydrogen) atoms. The Balaban J connectivity index is 2.27. The Morgan fingerprint density at radius 1 is 1.62 bits per heavy atom. The van der Waals surface area contributed by atoms with Crippen LogP contribution in [0.1, 0.15) is 13.3 Å². The van der Waals surface area contributed by atoms with Gasteiger partial charge in [0.25, 0.3) is 0 Å². The molecule has 1 aliphatic heterocycles. The van der Waals surface area contributed by atoms with Gasteiger partial charge in [0.2, 0.25) is 11.8 Å². The molecule has 1 atom stereocenters. The fraction of sp³-hybridized carbons (Fsp3) is 0.750. The number of carbonyl (C=O) groups excluding carboxylic acids is 2. The van der Waals surface area contributed by atoms with Crippen LogP contribution < -0.4 is 11.1 Å². The zero-order valence-corrected chi connectivity index (χ0v) is 7.75. The molecule has 0 bridgehead atoms. The zero-order chi connectivity index (χ0) is 9.84. The Labute approximate surface area is 77.3 Å². The highest BCUT2D eigenvalue weighted by Crippen LogP contribution is 2.06. The molecule has 0 radical (unpaired) electrons. The molecule has 1 aliphatic rings. The van der Waals surface area contributed by atoms with Crippen LogP contribution in [0, 0.1) is 0 Å². The highest BCUT2D eigenvalue weighted by Gasteiger charge is 2.22. The summed E-state index contributed by atoms with van der Waals surface area (Å²) in [5.74, 6) is -0.236. The summed E-state index contributed by atoms with van der Waals surface area (Å²) in [4.78, 5) is 23.6. The first kappa shape index (κ1) is 9.98. The average molecular weight is 185 g/mol. The van der Waals surface area contributed by atoms with Crippen LogP contribution >= 0.6 is 0 Å². The van der Waals surface area contributed by atoms with Crippen LogP contribution in [0.4, 0.5) is 0 Å². The maximum Gasteiger partial charge on any atom is 0.242 e. The van der Waals surface area contributed by atoms with Crippen molar-refractivity contribution >= 4 is 11.8 Å². The Morgan fingerprint density at radius 3 is 2.77 bits per heavy atom. The molecule has 1 fully saturated rings. The second-order valence-corrected chi connectivity index (χ2v) is 3.30. The minimum Gasteiger partial charge on any atom is -0.347 e. The molecule has 1 saturated heterocycles. The van der Waals surface area contributed by atoms with E-state index in [2.05, 4.69) is 5.32 Å². The molecule has 5 nitrogen and oxygen atoms in total. The predicted molar refractivity (Wildman–Crippen MR) is 47.9 cm³/mol. The summed E-state index contributed by atoms with van der Waals surface area (Å²) >= 11 is 0. The van der Waals surface area contributed by atoms with E-state index in [9.17, 15) is 9.59 Å². The summed E-state index contributed by atoms with van der Waals surface area (Å²) in [7, 11) is 0. The maximum absolute atomic E-state index is 11.4. The van der Waals surface area contributed by atoms with E-state index in [0.29, 0.717) is 13.1 Å². The largest absolute Gasteiger partial charge is 0.347 e. The first-order valence-corrected chi connectivity index (χ1v) is 4.37. The molecule has 0 saturated carbocycles. The molecule has 0 aromatic carbocycles. The molecule has 5 heteroatoms. The molecule has 74 valence electrons. The normalized spacial score (nSPS) is 21.7. The van der Waals surface area contributed by atoms with Gasteiger partial charge in [-0.05, 0) is 6.42 Å². The van der Waals surface area contributed by atoms with Gasteiger partial charge in [-0.2, -0.15) is 0 Å². The molecule has 0 unspecified atom stereocenters. The number of carbonyl (C=O) groups is 2. The molecule has 1 heterocycles. The number of hydrogen-bond acceptors (Lipinski definition) is 3. The van der Waals surface area contributed by atoms with E-state index < -0.39 is 0 Å². The van der Waals surface area contributed by atoms with Crippen LogP contribution in [0.5, 0.6) is 0 Å². The van der Waals surface area contributed by atoms with Gasteiger partial charge in [0.15, 0.2) is 0 Å². The van der Waals surface area contributed by atoms with Gasteiger partial charge in [-0.3, -0.25) is 9.59 Å². The fourth-order valence-electron chi connectivity index (χ4n) is 1.33. The summed E-state index contributed by atoms with van der Waals surface area (Å²) < 4.78 is 0. The molecule has 0 aromatic heterocycles. The van der Waals surface area contributed by atoms with Gasteiger partial charge in [-0.25, -0.2) is 0 Å². The van der Waals surface area contributed by atoms with Gasteiger partial charge in [0.1, 0.15) is 0 Å². The SMILES string of the molecule is CC(=O)NCC(=O)N1CC[C@@H](N)C1. The van der Waals surface area contributed by atoms with Crippen molar-refractivity contribution in [2.75, 3.05) is 19.6 Å². The number of nitrogens with two attached hydrogens (primary N) is 1. The minimum absolute atomic E-state index is 0.0526. The quantitative estimate of drug-likeness (QED) is 0.560. The first-order valence-electron chi connectivity index (χ1n) is 4.37. The standard InChI is InChI=1S/C8H15N3O2/c1-6(12)10-4-8(13)11-3-2-7(9)5-11/h7H,2-5,9H2,1H3,(H,10,12)/t7-/m1/s1. The smallest absolute Gasteiger partial charge is 0.242 e. The van der Waals surface area contributed by atoms with E-state index in [4.69, 9.17) is 5.73 Å². The fourth-order valence-corrected chi connectivity index (χ4v) is 1.33. The number of amides is 2. The molecular formula is C8H15N3O2. The van der Waals surface area contributed by atoms with Crippen LogP contribution in [-0.2, 0) is 9.59 Å². The van der Waals surface area contributed by atoms with Crippen molar-refractivity contribution in [2.45, 2.75) is 19.4 Å². The van der Waals surface area contributed by atoms with E-state index in [1.807, 2.05) is 0 Å². The van der Waals surface area contributed by atoms with Gasteiger partial charge in [0, 0.05) is 26.1 Å². The summed E-state index contributed by atoms with van der Waals surface area (Å²) in [5, 5.41) is 2.47. The molecular weight excluding hydrogens is 170 g/mol. The van der Waals surface area contributed by atoms with Crippen molar-refractivity contribution < 1.29 is 9.59 Å². The van der Waals surface area contributed by atoms with Crippen molar-refractivity contribution in [3.05, 3.63) is 0 Å². The third-order valence-corrected chi connectivity index (χ3v) is 2.07. The minimum atomic E-state index is -0.183. The second kappa shape index (κ2) is 4.23. The van der Waals surface area contributed by atoms with Crippen LogP contribution in [0.2, 0.25) is 0 Å². The van der Waals surface area contributed by atoms with Crippen LogP contribution in [-0.4, -0.2) is 42.4 Å². The third-order valence-electron chi connectivity index (χ3n) is 2.07. The number of likely N-dealkylation sites (tertiary alicyclic amines) is 1. The van der Waals surface area contributed by atoms with Crippen molar-refractivity contribution in [2.24, 2.45) is 5.73 Å². The van der Waals surface area contributed by atoms with Gasteiger partial charge >= 0.3 is 0 Å². The van der Waals surface area contributed by atoms with E-state index in [1.54, 1.807) is 4.90 Å². The van der Waals surface area contributed by atoms with E-state index in [1.165, 1.54) is 6.92 Å². The highest BCUT2D eigenvalue weighted by molar-refractivity contribution is 5.83. The third kappa shape index (κ3) is 3.02. The maximum atomic E-state index is 11.4. The Hall–Kier alpha value is -1.10. The van der Waals surface area contributed by atoms with E-state index in [-0.39, 0.29) is 24.4 Å². The van der Waals surface area contributed by atoms with Crippen molar-refractivity contribution in [1.82, 2.24) is 10.2 Å². The Kier molecular flexibility index (Phi) is 3.25. The second-order valence-electron chi connectivity index (χ2n) is 3.30. The number of rotatable bonds is 2. The predicted octanol–water partition coefficient (Wildman–Crippen LogP) is -1.32. The summed E-state index contributed by atoms with van der Waals surface area (Å²) in [5.41, 5.74) is 5.64. The zero-order valence-electron chi connectivity index (χ0n) is 7.75. The van der Waals surface area contributed by atoms with Crippen molar-refractivity contribution in [3.8, 4) is 0 Å². The molecule has 3 N–H and O–H groups in total. The van der Waals surface area contributed by atoms with Crippen LogP contribution in [0.25, 0.3) is 0 Å². The lowest BCUT2D eigenvalue weighted by molar-refractivity contribution is -0.131. The molecule has 0 aromatic rings. The van der Waals surface area contributed by atoms with Gasteiger partial charge < -0.3 is 16.0 Å². The van der Waals surface area contributed by atoms with Crippen molar-refractivity contribution in [3.63, 3.8) is 0 Å². The van der Waals surface area contributed by atoms with Crippen LogP contribution in [0.15, 0.2) is 0 Å².